The highest BCUT2D eigenvalue weighted by Gasteiger charge is 2.60. The van der Waals surface area contributed by atoms with E-state index >= 15 is 0 Å². The quantitative estimate of drug-likeness (QED) is 0.721. The van der Waals surface area contributed by atoms with E-state index in [1.165, 1.54) is 5.56 Å². The number of aromatic nitrogens is 1. The van der Waals surface area contributed by atoms with Crippen molar-refractivity contribution in [3.05, 3.63) is 17.0 Å². The Morgan fingerprint density at radius 1 is 1.27 bits per heavy atom. The van der Waals surface area contributed by atoms with E-state index in [0.717, 1.165) is 56.3 Å². The maximum atomic E-state index is 13.3. The van der Waals surface area contributed by atoms with E-state index in [1.54, 1.807) is 0 Å². The van der Waals surface area contributed by atoms with Gasteiger partial charge >= 0.3 is 12.1 Å². The molecule has 0 unspecified atom stereocenters. The number of halogens is 3. The lowest BCUT2D eigenvalue weighted by Crippen LogP contribution is -2.47. The van der Waals surface area contributed by atoms with Crippen LogP contribution in [0.25, 0.3) is 0 Å². The summed E-state index contributed by atoms with van der Waals surface area (Å²) >= 11 is 0. The average molecular weight is 473 g/mol. The fourth-order valence-corrected chi connectivity index (χ4v) is 5.23. The van der Waals surface area contributed by atoms with Crippen LogP contribution in [0, 0.1) is 31.6 Å². The predicted octanol–water partition coefficient (Wildman–Crippen LogP) is 3.42. The second kappa shape index (κ2) is 9.08. The number of amidine groups is 1. The molecule has 1 aromatic heterocycles. The number of fused-ring (bicyclic) bond motifs is 2. The summed E-state index contributed by atoms with van der Waals surface area (Å²) in [7, 11) is 0. The molecule has 2 aliphatic heterocycles. The Hall–Kier alpha value is -2.43. The molecular formula is C22H31F3N4O4. The molecule has 33 heavy (non-hydrogen) atoms. The van der Waals surface area contributed by atoms with Gasteiger partial charge in [-0.25, -0.2) is 4.79 Å². The van der Waals surface area contributed by atoms with Crippen molar-refractivity contribution in [2.75, 3.05) is 19.6 Å². The van der Waals surface area contributed by atoms with Gasteiger partial charge in [0.05, 0.1) is 5.69 Å². The minimum absolute atomic E-state index is 0.246. The summed E-state index contributed by atoms with van der Waals surface area (Å²) in [5, 5.41) is 11.2. The normalized spacial score (nSPS) is 27.2. The van der Waals surface area contributed by atoms with Crippen LogP contribution in [0.15, 0.2) is 9.52 Å². The minimum atomic E-state index is -5.08. The Labute approximate surface area is 190 Å². The number of rotatable bonds is 4. The summed E-state index contributed by atoms with van der Waals surface area (Å²) in [5.41, 5.74) is 1.66. The first-order valence-corrected chi connectivity index (χ1v) is 11.1. The number of likely N-dealkylation sites (tertiary alicyclic amines) is 1. The van der Waals surface area contributed by atoms with Crippen LogP contribution in [0.1, 0.15) is 50.6 Å². The van der Waals surface area contributed by atoms with Gasteiger partial charge in [-0.2, -0.15) is 13.2 Å². The molecule has 1 saturated heterocycles. The number of amides is 1. The fourth-order valence-electron chi connectivity index (χ4n) is 5.23. The standard InChI is InChI=1S/C20H30N4O2.C2HF3O2/c1-12(2)8-24-15(5)21-20(19(24)25)7-6-16-9-23(11-18(16)20)10-17-13(3)22-26-14(17)4;3-2(4,5)1(6)7/h12,16,18H,6-11H2,1-5H3;(H,6,7)/t16-,18+,20-;/m1./s1. The van der Waals surface area contributed by atoms with Gasteiger partial charge in [0.2, 0.25) is 0 Å². The van der Waals surface area contributed by atoms with Crippen LogP contribution in [0.4, 0.5) is 13.2 Å². The zero-order valence-electron chi connectivity index (χ0n) is 19.6. The van der Waals surface area contributed by atoms with Crippen molar-refractivity contribution >= 4 is 17.7 Å². The number of nitrogens with zero attached hydrogens (tertiary/aromatic N) is 4. The van der Waals surface area contributed by atoms with Gasteiger partial charge in [-0.05, 0) is 45.4 Å². The molecule has 1 amide bonds. The zero-order valence-corrected chi connectivity index (χ0v) is 19.6. The smallest absolute Gasteiger partial charge is 0.475 e. The summed E-state index contributed by atoms with van der Waals surface area (Å²) in [6, 6.07) is 0. The Balaban J connectivity index is 0.000000383. The molecule has 11 heteroatoms. The summed E-state index contributed by atoms with van der Waals surface area (Å²) in [6.07, 6.45) is -3.08. The number of alkyl halides is 3. The molecule has 0 radical (unpaired) electrons. The first-order chi connectivity index (χ1) is 15.3. The number of aliphatic imine (C=N–C) groups is 1. The van der Waals surface area contributed by atoms with Gasteiger partial charge in [0.1, 0.15) is 17.1 Å². The van der Waals surface area contributed by atoms with Crippen molar-refractivity contribution in [3.8, 4) is 0 Å². The van der Waals surface area contributed by atoms with E-state index in [2.05, 4.69) is 23.9 Å². The molecule has 1 N–H and O–H groups in total. The highest BCUT2D eigenvalue weighted by Crippen LogP contribution is 2.50. The molecule has 3 heterocycles. The Bertz CT molecular complexity index is 923. The molecule has 184 valence electrons. The van der Waals surface area contributed by atoms with E-state index < -0.39 is 17.7 Å². The molecule has 1 spiro atoms. The second-order valence-electron chi connectivity index (χ2n) is 9.60. The third-order valence-electron chi connectivity index (χ3n) is 6.75. The summed E-state index contributed by atoms with van der Waals surface area (Å²) in [6.45, 7) is 13.9. The van der Waals surface area contributed by atoms with Gasteiger partial charge in [0.15, 0.2) is 0 Å². The number of aliphatic carboxylic acids is 1. The van der Waals surface area contributed by atoms with Gasteiger partial charge in [-0.3, -0.25) is 19.6 Å². The Morgan fingerprint density at radius 3 is 2.42 bits per heavy atom. The molecule has 0 bridgehead atoms. The first kappa shape index (κ1) is 25.2. The summed E-state index contributed by atoms with van der Waals surface area (Å²) in [5.74, 6) is 0.660. The van der Waals surface area contributed by atoms with Crippen LogP contribution < -0.4 is 0 Å². The molecule has 3 atom stereocenters. The lowest BCUT2D eigenvalue weighted by molar-refractivity contribution is -0.192. The van der Waals surface area contributed by atoms with Crippen molar-refractivity contribution in [2.45, 2.75) is 65.7 Å². The second-order valence-corrected chi connectivity index (χ2v) is 9.60. The van der Waals surface area contributed by atoms with Crippen molar-refractivity contribution in [1.82, 2.24) is 15.0 Å². The van der Waals surface area contributed by atoms with E-state index in [9.17, 15) is 18.0 Å². The number of carbonyl (C=O) groups is 2. The van der Waals surface area contributed by atoms with Crippen molar-refractivity contribution in [2.24, 2.45) is 22.7 Å². The molecule has 4 rings (SSSR count). The van der Waals surface area contributed by atoms with Crippen LogP contribution in [0.3, 0.4) is 0 Å². The van der Waals surface area contributed by atoms with E-state index in [0.29, 0.717) is 17.8 Å². The minimum Gasteiger partial charge on any atom is -0.475 e. The van der Waals surface area contributed by atoms with E-state index in [-0.39, 0.29) is 5.91 Å². The number of aryl methyl sites for hydroxylation is 2. The lowest BCUT2D eigenvalue weighted by atomic mass is 9.84. The van der Waals surface area contributed by atoms with Crippen LogP contribution >= 0.6 is 0 Å². The number of hydrogen-bond acceptors (Lipinski definition) is 6. The summed E-state index contributed by atoms with van der Waals surface area (Å²) < 4.78 is 37.1. The number of carboxylic acids is 1. The topological polar surface area (TPSA) is 99.2 Å². The molecule has 3 aliphatic rings. The highest BCUT2D eigenvalue weighted by atomic mass is 19.4. The number of carbonyl (C=O) groups excluding carboxylic acids is 1. The monoisotopic (exact) mass is 472 g/mol. The van der Waals surface area contributed by atoms with Gasteiger partial charge in [0.25, 0.3) is 5.91 Å². The van der Waals surface area contributed by atoms with Gasteiger partial charge < -0.3 is 9.63 Å². The van der Waals surface area contributed by atoms with Crippen LogP contribution in [0.5, 0.6) is 0 Å². The molecule has 2 fully saturated rings. The molecule has 0 aromatic carbocycles. The highest BCUT2D eigenvalue weighted by molar-refractivity contribution is 6.07. The third-order valence-corrected chi connectivity index (χ3v) is 6.75. The number of carboxylic acid groups (broad SMARTS) is 1. The molecule has 1 aliphatic carbocycles. The zero-order chi connectivity index (χ0) is 24.7. The maximum absolute atomic E-state index is 13.3. The van der Waals surface area contributed by atoms with Crippen LogP contribution in [-0.2, 0) is 16.1 Å². The fraction of sp³-hybridized carbons (Fsp3) is 0.727. The molecule has 1 saturated carbocycles. The largest absolute Gasteiger partial charge is 0.490 e. The third kappa shape index (κ3) is 4.92. The molecule has 1 aromatic rings. The maximum Gasteiger partial charge on any atom is 0.490 e. The Morgan fingerprint density at radius 2 is 1.91 bits per heavy atom. The first-order valence-electron chi connectivity index (χ1n) is 11.1. The van der Waals surface area contributed by atoms with Crippen molar-refractivity contribution in [1.29, 1.82) is 0 Å². The lowest BCUT2D eigenvalue weighted by Gasteiger charge is -2.28. The Kier molecular flexibility index (Phi) is 6.93. The van der Waals surface area contributed by atoms with E-state index in [4.69, 9.17) is 19.4 Å². The average Bonchev–Trinajstić information content (AvgIpc) is 3.40. The van der Waals surface area contributed by atoms with Gasteiger partial charge in [-0.1, -0.05) is 19.0 Å². The predicted molar refractivity (Wildman–Crippen MR) is 114 cm³/mol. The molecule has 8 nitrogen and oxygen atoms in total. The number of hydrogen-bond donors (Lipinski definition) is 1. The van der Waals surface area contributed by atoms with Crippen LogP contribution in [-0.4, -0.2) is 69.1 Å². The SMILES string of the molecule is CC1=N[C@@]2(CC[C@@H]3CN(Cc4c(C)noc4C)C[C@@H]32)C(=O)N1CC(C)C.O=C(O)C(F)(F)F. The van der Waals surface area contributed by atoms with Gasteiger partial charge in [0, 0.05) is 37.7 Å². The molecular weight excluding hydrogens is 441 g/mol. The van der Waals surface area contributed by atoms with E-state index in [1.807, 2.05) is 25.7 Å². The van der Waals surface area contributed by atoms with Crippen LogP contribution in [0.2, 0.25) is 0 Å². The van der Waals surface area contributed by atoms with Crippen molar-refractivity contribution < 1.29 is 32.4 Å². The van der Waals surface area contributed by atoms with Crippen molar-refractivity contribution in [3.63, 3.8) is 0 Å². The van der Waals surface area contributed by atoms with Gasteiger partial charge in [-0.15, -0.1) is 0 Å². The summed E-state index contributed by atoms with van der Waals surface area (Å²) in [4.78, 5) is 31.6.